The molecule has 3 aromatic rings. The maximum atomic E-state index is 13.2. The average molecular weight is 375 g/mol. The van der Waals surface area contributed by atoms with E-state index in [-0.39, 0.29) is 37.8 Å². The Morgan fingerprint density at radius 3 is 1.96 bits per heavy atom. The Bertz CT molecular complexity index is 1160. The lowest BCUT2D eigenvalue weighted by molar-refractivity contribution is -0.255. The van der Waals surface area contributed by atoms with E-state index in [4.69, 9.17) is 0 Å². The summed E-state index contributed by atoms with van der Waals surface area (Å²) in [5, 5.41) is 11.4. The lowest BCUT2D eigenvalue weighted by Crippen LogP contribution is -2.25. The zero-order chi connectivity index (χ0) is 19.1. The molecule has 0 saturated heterocycles. The average Bonchev–Trinajstić information content (AvgIpc) is 2.71. The van der Waals surface area contributed by atoms with E-state index in [2.05, 4.69) is 0 Å². The maximum Gasteiger partial charge on any atom is 0.195 e. The van der Waals surface area contributed by atoms with Crippen LogP contribution in [0.25, 0.3) is 0 Å². The maximum absolute atomic E-state index is 13.2. The molecular weight excluding hydrogens is 364 g/mol. The minimum Gasteiger partial charge on any atom is -0.545 e. The van der Waals surface area contributed by atoms with Gasteiger partial charge >= 0.3 is 0 Å². The molecule has 0 radical (unpaired) electrons. The molecule has 6 heteroatoms. The number of carbonyl (C=O) groups excluding carboxylic acids is 3. The smallest absolute Gasteiger partial charge is 0.195 e. The third kappa shape index (κ3) is 2.62. The van der Waals surface area contributed by atoms with E-state index < -0.39 is 22.6 Å². The topological polar surface area (TPSA) is 91.3 Å². The van der Waals surface area contributed by atoms with E-state index in [1.165, 1.54) is 36.4 Å². The molecule has 0 aromatic heterocycles. The summed E-state index contributed by atoms with van der Waals surface area (Å²) >= 11 is 0. The van der Waals surface area contributed by atoms with Gasteiger partial charge in [0.15, 0.2) is 11.6 Å². The summed E-state index contributed by atoms with van der Waals surface area (Å²) in [4.78, 5) is 37.3. The monoisotopic (exact) mass is 375 g/mol. The Hall–Kier alpha value is -3.38. The molecule has 1 atom stereocenters. The van der Waals surface area contributed by atoms with Crippen molar-refractivity contribution in [3.63, 3.8) is 0 Å². The first kappa shape index (κ1) is 17.1. The predicted octanol–water partition coefficient (Wildman–Crippen LogP) is 1.99. The highest BCUT2D eigenvalue weighted by atomic mass is 32.2. The van der Waals surface area contributed by atoms with Crippen LogP contribution in [-0.4, -0.2) is 21.7 Å². The summed E-state index contributed by atoms with van der Waals surface area (Å²) in [5.41, 5.74) is 0.535. The SMILES string of the molecule is O=C([O-])c1ccccc1[S@](=O)c1cccc2c1C(=O)c1ccccc1C2=O. The van der Waals surface area contributed by atoms with Gasteiger partial charge in [-0.2, -0.15) is 0 Å². The standard InChI is InChI=1S/C21H12O5S/c22-19-12-6-1-2-7-13(12)20(23)18-15(19)9-5-11-17(18)27(26)16-10-4-3-8-14(16)21(24)25/h1-11H,(H,24,25)/p-1/t27-/m0/s1. The van der Waals surface area contributed by atoms with Crippen LogP contribution in [0.2, 0.25) is 0 Å². The molecule has 0 saturated carbocycles. The van der Waals surface area contributed by atoms with Crippen molar-refractivity contribution in [2.45, 2.75) is 9.79 Å². The molecule has 1 aliphatic rings. The van der Waals surface area contributed by atoms with E-state index in [1.807, 2.05) is 0 Å². The predicted molar refractivity (Wildman–Crippen MR) is 95.2 cm³/mol. The van der Waals surface area contributed by atoms with Crippen LogP contribution in [-0.2, 0) is 10.8 Å². The molecule has 0 aliphatic heterocycles. The normalized spacial score (nSPS) is 13.6. The van der Waals surface area contributed by atoms with Crippen LogP contribution >= 0.6 is 0 Å². The third-order valence-corrected chi connectivity index (χ3v) is 5.92. The largest absolute Gasteiger partial charge is 0.545 e. The molecule has 27 heavy (non-hydrogen) atoms. The second-order valence-corrected chi connectivity index (χ2v) is 7.35. The van der Waals surface area contributed by atoms with E-state index in [1.54, 1.807) is 30.3 Å². The molecule has 3 aromatic carbocycles. The summed E-state index contributed by atoms with van der Waals surface area (Å²) < 4.78 is 13.2. The summed E-state index contributed by atoms with van der Waals surface area (Å²) in [7, 11) is -1.97. The van der Waals surface area contributed by atoms with Gasteiger partial charge in [0.05, 0.1) is 32.1 Å². The summed E-state index contributed by atoms with van der Waals surface area (Å²) in [6.07, 6.45) is 0. The first-order chi connectivity index (χ1) is 13.0. The van der Waals surface area contributed by atoms with Crippen molar-refractivity contribution in [2.75, 3.05) is 0 Å². The van der Waals surface area contributed by atoms with Gasteiger partial charge in [0.2, 0.25) is 0 Å². The highest BCUT2D eigenvalue weighted by Crippen LogP contribution is 2.33. The highest BCUT2D eigenvalue weighted by Gasteiger charge is 2.33. The van der Waals surface area contributed by atoms with Crippen LogP contribution in [0.15, 0.2) is 76.5 Å². The highest BCUT2D eigenvalue weighted by molar-refractivity contribution is 7.85. The second kappa shape index (κ2) is 6.41. The summed E-state index contributed by atoms with van der Waals surface area (Å²) in [6, 6.07) is 16.7. The number of hydrogen-bond acceptors (Lipinski definition) is 5. The molecule has 0 bridgehead atoms. The number of fused-ring (bicyclic) bond motifs is 2. The minimum absolute atomic E-state index is 0.0185. The Labute approximate surface area is 156 Å². The van der Waals surface area contributed by atoms with Crippen LogP contribution < -0.4 is 5.11 Å². The molecular formula is C21H11O5S-. The van der Waals surface area contributed by atoms with Crippen molar-refractivity contribution < 1.29 is 23.7 Å². The van der Waals surface area contributed by atoms with Gasteiger partial charge in [-0.25, -0.2) is 4.21 Å². The molecule has 0 unspecified atom stereocenters. The molecule has 0 fully saturated rings. The van der Waals surface area contributed by atoms with Gasteiger partial charge in [0.1, 0.15) is 0 Å². The quantitative estimate of drug-likeness (QED) is 0.546. The number of aromatic carboxylic acids is 1. The number of ketones is 2. The van der Waals surface area contributed by atoms with Crippen molar-refractivity contribution in [1.82, 2.24) is 0 Å². The number of carboxylic acids is 1. The van der Waals surface area contributed by atoms with Gasteiger partial charge in [0, 0.05) is 22.3 Å². The number of rotatable bonds is 3. The first-order valence-corrected chi connectivity index (χ1v) is 9.19. The van der Waals surface area contributed by atoms with Gasteiger partial charge in [-0.3, -0.25) is 9.59 Å². The van der Waals surface area contributed by atoms with Gasteiger partial charge in [-0.15, -0.1) is 0 Å². The van der Waals surface area contributed by atoms with E-state index >= 15 is 0 Å². The fourth-order valence-electron chi connectivity index (χ4n) is 3.18. The summed E-state index contributed by atoms with van der Waals surface area (Å²) in [6.45, 7) is 0. The molecule has 0 spiro atoms. The van der Waals surface area contributed by atoms with Crippen LogP contribution in [0.5, 0.6) is 0 Å². The van der Waals surface area contributed by atoms with Crippen molar-refractivity contribution in [2.24, 2.45) is 0 Å². The number of carbonyl (C=O) groups is 3. The van der Waals surface area contributed by atoms with Gasteiger partial charge in [0.25, 0.3) is 0 Å². The van der Waals surface area contributed by atoms with Crippen LogP contribution in [0.1, 0.15) is 42.2 Å². The fraction of sp³-hybridized carbons (Fsp3) is 0. The Kier molecular flexibility index (Phi) is 4.05. The van der Waals surface area contributed by atoms with Gasteiger partial charge in [-0.1, -0.05) is 54.6 Å². The summed E-state index contributed by atoms with van der Waals surface area (Å²) in [5.74, 6) is -2.20. The lowest BCUT2D eigenvalue weighted by Gasteiger charge is -2.20. The zero-order valence-electron chi connectivity index (χ0n) is 13.8. The lowest BCUT2D eigenvalue weighted by atomic mass is 9.84. The van der Waals surface area contributed by atoms with E-state index in [0.717, 1.165) is 0 Å². The van der Waals surface area contributed by atoms with Gasteiger partial charge in [-0.05, 0) is 12.1 Å². The van der Waals surface area contributed by atoms with E-state index in [0.29, 0.717) is 5.56 Å². The zero-order valence-corrected chi connectivity index (χ0v) is 14.6. The number of benzene rings is 3. The van der Waals surface area contributed by atoms with Crippen molar-refractivity contribution in [3.05, 3.63) is 94.5 Å². The Morgan fingerprint density at radius 1 is 0.704 bits per heavy atom. The molecule has 132 valence electrons. The molecule has 0 heterocycles. The van der Waals surface area contributed by atoms with Crippen LogP contribution in [0, 0.1) is 0 Å². The second-order valence-electron chi connectivity index (χ2n) is 5.93. The minimum atomic E-state index is -1.97. The van der Waals surface area contributed by atoms with E-state index in [9.17, 15) is 23.7 Å². The molecule has 4 rings (SSSR count). The Morgan fingerprint density at radius 2 is 1.26 bits per heavy atom. The Balaban J connectivity index is 1.94. The van der Waals surface area contributed by atoms with Crippen molar-refractivity contribution in [3.8, 4) is 0 Å². The van der Waals surface area contributed by atoms with Crippen LogP contribution in [0.3, 0.4) is 0 Å². The number of carboxylic acid groups (broad SMARTS) is 1. The fourth-order valence-corrected chi connectivity index (χ4v) is 4.56. The third-order valence-electron chi connectivity index (χ3n) is 4.42. The molecule has 0 N–H and O–H groups in total. The molecule has 0 amide bonds. The van der Waals surface area contributed by atoms with Gasteiger partial charge < -0.3 is 9.90 Å². The van der Waals surface area contributed by atoms with Crippen molar-refractivity contribution >= 4 is 28.3 Å². The first-order valence-electron chi connectivity index (χ1n) is 8.04. The molecule has 1 aliphatic carbocycles. The molecule has 5 nitrogen and oxygen atoms in total. The van der Waals surface area contributed by atoms with Crippen LogP contribution in [0.4, 0.5) is 0 Å². The van der Waals surface area contributed by atoms with Crippen molar-refractivity contribution in [1.29, 1.82) is 0 Å². The number of hydrogen-bond donors (Lipinski definition) is 0.